The first-order valence-corrected chi connectivity index (χ1v) is 8.50. The third-order valence-electron chi connectivity index (χ3n) is 3.15. The lowest BCUT2D eigenvalue weighted by Gasteiger charge is -2.08. The molecule has 0 bridgehead atoms. The molecule has 148 valence electrons. The Hall–Kier alpha value is -1.71. The van der Waals surface area contributed by atoms with E-state index in [1.807, 2.05) is 0 Å². The van der Waals surface area contributed by atoms with Gasteiger partial charge in [0.05, 0.1) is 65.0 Å². The molecule has 1 aromatic carbocycles. The van der Waals surface area contributed by atoms with Crippen molar-refractivity contribution in [2.75, 3.05) is 73.2 Å². The first kappa shape index (κ1) is 22.3. The molecule has 0 aliphatic heterocycles. The standard InChI is InChI=1S/C18H28O8/c1-21-6-7-22-8-9-23-10-11-24-12-13-25-14-15-26-17-4-2-16(3-5-17)18(19)20/h2-5H,6-15H2,1H3,(H,19,20). The molecule has 1 aromatic rings. The maximum Gasteiger partial charge on any atom is 0.335 e. The highest BCUT2D eigenvalue weighted by Gasteiger charge is 2.01. The van der Waals surface area contributed by atoms with Crippen LogP contribution in [0.5, 0.6) is 5.75 Å². The highest BCUT2D eigenvalue weighted by molar-refractivity contribution is 5.87. The lowest BCUT2D eigenvalue weighted by molar-refractivity contribution is -0.00978. The van der Waals surface area contributed by atoms with E-state index in [2.05, 4.69) is 0 Å². The molecule has 0 aromatic heterocycles. The van der Waals surface area contributed by atoms with Crippen LogP contribution in [0.4, 0.5) is 0 Å². The zero-order chi connectivity index (χ0) is 18.9. The molecule has 26 heavy (non-hydrogen) atoms. The van der Waals surface area contributed by atoms with Gasteiger partial charge in [-0.05, 0) is 24.3 Å². The largest absolute Gasteiger partial charge is 0.491 e. The van der Waals surface area contributed by atoms with E-state index in [-0.39, 0.29) is 5.56 Å². The summed E-state index contributed by atoms with van der Waals surface area (Å²) in [7, 11) is 1.63. The summed E-state index contributed by atoms with van der Waals surface area (Å²) in [6.07, 6.45) is 0. The minimum absolute atomic E-state index is 0.230. The molecule has 0 unspecified atom stereocenters. The summed E-state index contributed by atoms with van der Waals surface area (Å²) in [4.78, 5) is 10.7. The Morgan fingerprint density at radius 3 is 1.58 bits per heavy atom. The molecule has 0 aliphatic rings. The van der Waals surface area contributed by atoms with Crippen molar-refractivity contribution in [3.8, 4) is 5.75 Å². The van der Waals surface area contributed by atoms with Crippen LogP contribution >= 0.6 is 0 Å². The van der Waals surface area contributed by atoms with Crippen LogP contribution < -0.4 is 4.74 Å². The summed E-state index contributed by atoms with van der Waals surface area (Å²) in [5, 5.41) is 8.80. The normalized spacial score (nSPS) is 10.8. The molecule has 0 saturated heterocycles. The lowest BCUT2D eigenvalue weighted by Crippen LogP contribution is -2.14. The molecule has 1 rings (SSSR count). The predicted octanol–water partition coefficient (Wildman–Crippen LogP) is 1.48. The highest BCUT2D eigenvalue weighted by Crippen LogP contribution is 2.11. The average molecular weight is 372 g/mol. The van der Waals surface area contributed by atoms with Crippen molar-refractivity contribution in [3.05, 3.63) is 29.8 Å². The van der Waals surface area contributed by atoms with Crippen molar-refractivity contribution < 1.29 is 38.3 Å². The number of carboxylic acid groups (broad SMARTS) is 1. The Bertz CT molecular complexity index is 463. The van der Waals surface area contributed by atoms with Gasteiger partial charge in [-0.15, -0.1) is 0 Å². The second-order valence-corrected chi connectivity index (χ2v) is 5.12. The van der Waals surface area contributed by atoms with Gasteiger partial charge in [0.1, 0.15) is 12.4 Å². The van der Waals surface area contributed by atoms with E-state index in [0.717, 1.165) is 0 Å². The summed E-state index contributed by atoms with van der Waals surface area (Å²) < 4.78 is 31.7. The van der Waals surface area contributed by atoms with Crippen molar-refractivity contribution in [3.63, 3.8) is 0 Å². The number of ether oxygens (including phenoxy) is 6. The van der Waals surface area contributed by atoms with Crippen molar-refractivity contribution in [1.29, 1.82) is 0 Å². The summed E-state index contributed by atoms with van der Waals surface area (Å²) in [5.74, 6) is -0.348. The molecule has 0 aliphatic carbocycles. The van der Waals surface area contributed by atoms with Gasteiger partial charge in [0.25, 0.3) is 0 Å². The summed E-state index contributed by atoms with van der Waals surface area (Å²) in [6, 6.07) is 6.24. The van der Waals surface area contributed by atoms with Crippen LogP contribution in [0.2, 0.25) is 0 Å². The van der Waals surface area contributed by atoms with Crippen molar-refractivity contribution in [2.24, 2.45) is 0 Å². The number of aromatic carboxylic acids is 1. The van der Waals surface area contributed by atoms with Gasteiger partial charge in [-0.3, -0.25) is 0 Å². The van der Waals surface area contributed by atoms with E-state index in [1.54, 1.807) is 19.2 Å². The molecule has 0 heterocycles. The minimum Gasteiger partial charge on any atom is -0.491 e. The molecular weight excluding hydrogens is 344 g/mol. The Morgan fingerprint density at radius 1 is 0.731 bits per heavy atom. The zero-order valence-electron chi connectivity index (χ0n) is 15.2. The van der Waals surface area contributed by atoms with Crippen LogP contribution in [0.15, 0.2) is 24.3 Å². The van der Waals surface area contributed by atoms with Gasteiger partial charge in [0.2, 0.25) is 0 Å². The Morgan fingerprint density at radius 2 is 1.15 bits per heavy atom. The fourth-order valence-electron chi connectivity index (χ4n) is 1.82. The first-order valence-electron chi connectivity index (χ1n) is 8.50. The topological polar surface area (TPSA) is 92.7 Å². The van der Waals surface area contributed by atoms with E-state index in [1.165, 1.54) is 12.1 Å². The smallest absolute Gasteiger partial charge is 0.335 e. The van der Waals surface area contributed by atoms with Gasteiger partial charge >= 0.3 is 5.97 Å². The van der Waals surface area contributed by atoms with Crippen molar-refractivity contribution >= 4 is 5.97 Å². The van der Waals surface area contributed by atoms with Gasteiger partial charge in [0, 0.05) is 7.11 Å². The Kier molecular flexibility index (Phi) is 13.3. The summed E-state index contributed by atoms with van der Waals surface area (Å²) >= 11 is 0. The number of carboxylic acids is 1. The fourth-order valence-corrected chi connectivity index (χ4v) is 1.82. The SMILES string of the molecule is COCCOCCOCCOCCOCCOc1ccc(C(=O)O)cc1. The molecule has 0 spiro atoms. The number of hydrogen-bond donors (Lipinski definition) is 1. The van der Waals surface area contributed by atoms with E-state index < -0.39 is 5.97 Å². The van der Waals surface area contributed by atoms with Crippen LogP contribution in [0, 0.1) is 0 Å². The fraction of sp³-hybridized carbons (Fsp3) is 0.611. The maximum absolute atomic E-state index is 10.7. The van der Waals surface area contributed by atoms with Gasteiger partial charge in [0.15, 0.2) is 0 Å². The highest BCUT2D eigenvalue weighted by atomic mass is 16.6. The molecule has 0 atom stereocenters. The second kappa shape index (κ2) is 15.5. The van der Waals surface area contributed by atoms with E-state index >= 15 is 0 Å². The van der Waals surface area contributed by atoms with Crippen LogP contribution in [0.25, 0.3) is 0 Å². The number of hydrogen-bond acceptors (Lipinski definition) is 7. The maximum atomic E-state index is 10.7. The third-order valence-corrected chi connectivity index (χ3v) is 3.15. The average Bonchev–Trinajstić information content (AvgIpc) is 2.65. The monoisotopic (exact) mass is 372 g/mol. The molecule has 0 radical (unpaired) electrons. The van der Waals surface area contributed by atoms with E-state index in [4.69, 9.17) is 33.5 Å². The lowest BCUT2D eigenvalue weighted by atomic mass is 10.2. The minimum atomic E-state index is -0.958. The summed E-state index contributed by atoms with van der Waals surface area (Å²) in [5.41, 5.74) is 0.230. The van der Waals surface area contributed by atoms with E-state index in [0.29, 0.717) is 71.8 Å². The van der Waals surface area contributed by atoms with Gasteiger partial charge in [-0.2, -0.15) is 0 Å². The van der Waals surface area contributed by atoms with Crippen LogP contribution in [0.3, 0.4) is 0 Å². The second-order valence-electron chi connectivity index (χ2n) is 5.12. The first-order chi connectivity index (χ1) is 12.7. The van der Waals surface area contributed by atoms with Crippen LogP contribution in [-0.4, -0.2) is 84.3 Å². The molecular formula is C18H28O8. The van der Waals surface area contributed by atoms with E-state index in [9.17, 15) is 4.79 Å². The number of carbonyl (C=O) groups is 1. The Labute approximate surface area is 153 Å². The Balaban J connectivity index is 1.83. The molecule has 0 fully saturated rings. The quantitative estimate of drug-likeness (QED) is 0.411. The van der Waals surface area contributed by atoms with Gasteiger partial charge < -0.3 is 33.5 Å². The predicted molar refractivity (Wildman–Crippen MR) is 94.0 cm³/mol. The molecule has 8 heteroatoms. The molecule has 0 amide bonds. The van der Waals surface area contributed by atoms with Crippen molar-refractivity contribution in [2.45, 2.75) is 0 Å². The van der Waals surface area contributed by atoms with Gasteiger partial charge in [-0.25, -0.2) is 4.79 Å². The zero-order valence-corrected chi connectivity index (χ0v) is 15.2. The molecule has 8 nitrogen and oxygen atoms in total. The van der Waals surface area contributed by atoms with Gasteiger partial charge in [-0.1, -0.05) is 0 Å². The third kappa shape index (κ3) is 11.8. The number of benzene rings is 1. The molecule has 1 N–H and O–H groups in total. The van der Waals surface area contributed by atoms with Crippen LogP contribution in [-0.2, 0) is 23.7 Å². The summed E-state index contributed by atoms with van der Waals surface area (Å²) in [6.45, 7) is 5.05. The van der Waals surface area contributed by atoms with Crippen molar-refractivity contribution in [1.82, 2.24) is 0 Å². The number of rotatable bonds is 17. The molecule has 0 saturated carbocycles. The number of methoxy groups -OCH3 is 1. The van der Waals surface area contributed by atoms with Crippen LogP contribution in [0.1, 0.15) is 10.4 Å².